The third-order valence-corrected chi connectivity index (χ3v) is 5.70. The Labute approximate surface area is 153 Å². The maximum atomic E-state index is 13.3. The summed E-state index contributed by atoms with van der Waals surface area (Å²) in [6, 6.07) is 3.22. The molecule has 5 nitrogen and oxygen atoms in total. The number of alkyl halides is 3. The van der Waals surface area contributed by atoms with E-state index >= 15 is 0 Å². The topological polar surface area (TPSA) is 68.2 Å². The highest BCUT2D eigenvalue weighted by molar-refractivity contribution is 7.91. The fourth-order valence-electron chi connectivity index (χ4n) is 2.48. The van der Waals surface area contributed by atoms with Gasteiger partial charge in [-0.05, 0) is 30.2 Å². The number of benzene rings is 1. The highest BCUT2D eigenvalue weighted by Gasteiger charge is 2.34. The summed E-state index contributed by atoms with van der Waals surface area (Å²) in [6.45, 7) is 3.47. The van der Waals surface area contributed by atoms with Crippen molar-refractivity contribution in [3.63, 3.8) is 0 Å². The number of carbonyl (C=O) groups excluding carboxylic acids is 1. The maximum absolute atomic E-state index is 13.3. The van der Waals surface area contributed by atoms with Gasteiger partial charge in [-0.15, -0.1) is 0 Å². The van der Waals surface area contributed by atoms with Crippen molar-refractivity contribution in [2.45, 2.75) is 24.9 Å². The third-order valence-electron chi connectivity index (χ3n) is 3.65. The minimum atomic E-state index is -4.91. The SMILES string of the molecule is CC(C)CS(=O)(=O)c1cc(C(=O)Nc2ccc(F)c(C(F)(F)F)c2)n(C)c1. The van der Waals surface area contributed by atoms with E-state index in [2.05, 4.69) is 5.32 Å². The molecule has 0 unspecified atom stereocenters. The fourth-order valence-corrected chi connectivity index (χ4v) is 4.16. The molecule has 0 spiro atoms. The van der Waals surface area contributed by atoms with Crippen molar-refractivity contribution in [2.75, 3.05) is 11.1 Å². The van der Waals surface area contributed by atoms with Crippen molar-refractivity contribution in [1.29, 1.82) is 0 Å². The summed E-state index contributed by atoms with van der Waals surface area (Å²) in [5.74, 6) is -2.50. The molecule has 1 aromatic carbocycles. The van der Waals surface area contributed by atoms with Crippen LogP contribution in [0.3, 0.4) is 0 Å². The molecule has 0 aliphatic carbocycles. The molecule has 0 bridgehead atoms. The van der Waals surface area contributed by atoms with Gasteiger partial charge in [-0.25, -0.2) is 12.8 Å². The van der Waals surface area contributed by atoms with Crippen LogP contribution in [0.4, 0.5) is 23.2 Å². The minimum absolute atomic E-state index is 0.0565. The molecule has 1 amide bonds. The second kappa shape index (κ2) is 7.34. The highest BCUT2D eigenvalue weighted by Crippen LogP contribution is 2.33. The Morgan fingerprint density at radius 2 is 1.85 bits per heavy atom. The van der Waals surface area contributed by atoms with E-state index in [1.54, 1.807) is 13.8 Å². The molecule has 10 heteroatoms. The van der Waals surface area contributed by atoms with Gasteiger partial charge < -0.3 is 9.88 Å². The molecule has 148 valence electrons. The van der Waals surface area contributed by atoms with Gasteiger partial charge >= 0.3 is 6.18 Å². The van der Waals surface area contributed by atoms with Crippen LogP contribution in [-0.2, 0) is 23.1 Å². The van der Waals surface area contributed by atoms with Crippen LogP contribution >= 0.6 is 0 Å². The van der Waals surface area contributed by atoms with Crippen LogP contribution in [0.25, 0.3) is 0 Å². The summed E-state index contributed by atoms with van der Waals surface area (Å²) < 4.78 is 77.4. The Balaban J connectivity index is 2.30. The van der Waals surface area contributed by atoms with Gasteiger partial charge in [0.25, 0.3) is 5.91 Å². The number of carbonyl (C=O) groups is 1. The van der Waals surface area contributed by atoms with Gasteiger partial charge in [-0.1, -0.05) is 13.8 Å². The minimum Gasteiger partial charge on any atom is -0.345 e. The predicted molar refractivity (Wildman–Crippen MR) is 91.7 cm³/mol. The normalized spacial score (nSPS) is 12.4. The number of nitrogens with one attached hydrogen (secondary N) is 1. The number of aromatic nitrogens is 1. The number of sulfone groups is 1. The first-order valence-corrected chi connectivity index (χ1v) is 9.53. The van der Waals surface area contributed by atoms with Gasteiger partial charge in [-0.3, -0.25) is 4.79 Å². The molecule has 0 saturated carbocycles. The molecule has 1 N–H and O–H groups in total. The van der Waals surface area contributed by atoms with Crippen molar-refractivity contribution >= 4 is 21.4 Å². The number of amides is 1. The van der Waals surface area contributed by atoms with E-state index in [0.717, 1.165) is 12.1 Å². The standard InChI is InChI=1S/C17H18F4N2O3S/c1-10(2)9-27(25,26)12-7-15(23(3)8-12)16(24)22-11-4-5-14(18)13(6-11)17(19,20)21/h4-8,10H,9H2,1-3H3,(H,22,24). The molecule has 1 aromatic heterocycles. The smallest absolute Gasteiger partial charge is 0.345 e. The molecule has 0 radical (unpaired) electrons. The predicted octanol–water partition coefficient (Wildman–Crippen LogP) is 3.87. The zero-order valence-corrected chi connectivity index (χ0v) is 15.6. The number of hydrogen-bond donors (Lipinski definition) is 1. The summed E-state index contributed by atoms with van der Waals surface area (Å²) in [5, 5.41) is 2.22. The second-order valence-electron chi connectivity index (χ2n) is 6.49. The Hall–Kier alpha value is -2.36. The van der Waals surface area contributed by atoms with Crippen LogP contribution in [0.2, 0.25) is 0 Å². The van der Waals surface area contributed by atoms with E-state index in [-0.39, 0.29) is 27.9 Å². The van der Waals surface area contributed by atoms with E-state index in [9.17, 15) is 30.8 Å². The molecule has 1 heterocycles. The lowest BCUT2D eigenvalue weighted by atomic mass is 10.1. The van der Waals surface area contributed by atoms with Gasteiger partial charge in [0.1, 0.15) is 11.5 Å². The number of aryl methyl sites for hydroxylation is 1. The number of hydrogen-bond acceptors (Lipinski definition) is 3. The van der Waals surface area contributed by atoms with E-state index < -0.39 is 33.3 Å². The van der Waals surface area contributed by atoms with Crippen LogP contribution < -0.4 is 5.32 Å². The van der Waals surface area contributed by atoms with Crippen molar-refractivity contribution in [2.24, 2.45) is 13.0 Å². The van der Waals surface area contributed by atoms with Crippen molar-refractivity contribution in [3.8, 4) is 0 Å². The molecule has 0 aliphatic rings. The van der Waals surface area contributed by atoms with E-state index in [1.807, 2.05) is 0 Å². The van der Waals surface area contributed by atoms with Gasteiger partial charge in [-0.2, -0.15) is 13.2 Å². The number of halogens is 4. The zero-order valence-electron chi connectivity index (χ0n) is 14.8. The largest absolute Gasteiger partial charge is 0.419 e. The maximum Gasteiger partial charge on any atom is 0.419 e. The van der Waals surface area contributed by atoms with E-state index in [4.69, 9.17) is 0 Å². The number of anilines is 1. The molecule has 0 aliphatic heterocycles. The number of nitrogens with zero attached hydrogens (tertiary/aromatic N) is 1. The van der Waals surface area contributed by atoms with Crippen molar-refractivity contribution in [3.05, 3.63) is 47.5 Å². The van der Waals surface area contributed by atoms with Crippen LogP contribution in [0.5, 0.6) is 0 Å². The first-order chi connectivity index (χ1) is 12.3. The fraction of sp³-hybridized carbons (Fsp3) is 0.353. The Morgan fingerprint density at radius 1 is 1.22 bits per heavy atom. The second-order valence-corrected chi connectivity index (χ2v) is 8.53. The summed E-state index contributed by atoms with van der Waals surface area (Å²) >= 11 is 0. The van der Waals surface area contributed by atoms with Gasteiger partial charge in [0, 0.05) is 18.9 Å². The van der Waals surface area contributed by atoms with Crippen molar-refractivity contribution in [1.82, 2.24) is 4.57 Å². The van der Waals surface area contributed by atoms with Gasteiger partial charge in [0.2, 0.25) is 0 Å². The molecule has 2 rings (SSSR count). The Bertz CT molecular complexity index is 963. The Morgan fingerprint density at radius 3 is 2.41 bits per heavy atom. The molecule has 27 heavy (non-hydrogen) atoms. The van der Waals surface area contributed by atoms with Crippen LogP contribution in [0.1, 0.15) is 29.9 Å². The van der Waals surface area contributed by atoms with E-state index in [1.165, 1.54) is 17.8 Å². The summed E-state index contributed by atoms with van der Waals surface area (Å²) in [6.07, 6.45) is -3.65. The lowest BCUT2D eigenvalue weighted by molar-refractivity contribution is -0.139. The lowest BCUT2D eigenvalue weighted by Gasteiger charge is -2.11. The zero-order chi connectivity index (χ0) is 20.6. The lowest BCUT2D eigenvalue weighted by Crippen LogP contribution is -2.16. The quantitative estimate of drug-likeness (QED) is 0.767. The third kappa shape index (κ3) is 4.88. The first kappa shape index (κ1) is 20.9. The van der Waals surface area contributed by atoms with Gasteiger partial charge in [0.15, 0.2) is 9.84 Å². The number of rotatable bonds is 5. The molecular weight excluding hydrogens is 388 g/mol. The monoisotopic (exact) mass is 406 g/mol. The van der Waals surface area contributed by atoms with Crippen LogP contribution in [0.15, 0.2) is 35.4 Å². The molecule has 2 aromatic rings. The molecule has 0 atom stereocenters. The highest BCUT2D eigenvalue weighted by atomic mass is 32.2. The van der Waals surface area contributed by atoms with E-state index in [0.29, 0.717) is 12.1 Å². The molecule has 0 fully saturated rings. The average molecular weight is 406 g/mol. The average Bonchev–Trinajstić information content (AvgIpc) is 2.90. The van der Waals surface area contributed by atoms with Crippen LogP contribution in [0, 0.1) is 11.7 Å². The Kier molecular flexibility index (Phi) is 5.69. The molecular formula is C17H18F4N2O3S. The summed E-state index contributed by atoms with van der Waals surface area (Å²) in [5.41, 5.74) is -1.83. The molecule has 0 saturated heterocycles. The van der Waals surface area contributed by atoms with Crippen molar-refractivity contribution < 1.29 is 30.8 Å². The summed E-state index contributed by atoms with van der Waals surface area (Å²) in [7, 11) is -2.16. The van der Waals surface area contributed by atoms with Crippen LogP contribution in [-0.4, -0.2) is 24.6 Å². The van der Waals surface area contributed by atoms with Gasteiger partial charge in [0.05, 0.1) is 16.2 Å². The first-order valence-electron chi connectivity index (χ1n) is 7.88. The summed E-state index contributed by atoms with van der Waals surface area (Å²) in [4.78, 5) is 12.3.